The molecule has 2 aromatic carbocycles. The molecule has 3 rings (SSSR count). The van der Waals surface area contributed by atoms with Crippen LogP contribution in [0.4, 0.5) is 18.9 Å². The summed E-state index contributed by atoms with van der Waals surface area (Å²) in [6.07, 6.45) is -3.99. The van der Waals surface area contributed by atoms with Gasteiger partial charge in [0.2, 0.25) is 0 Å². The molecule has 0 radical (unpaired) electrons. The Hall–Kier alpha value is -3.53. The van der Waals surface area contributed by atoms with E-state index >= 15 is 0 Å². The van der Waals surface area contributed by atoms with E-state index < -0.39 is 29.3 Å². The van der Waals surface area contributed by atoms with Crippen LogP contribution in [-0.2, 0) is 15.7 Å². The zero-order valence-electron chi connectivity index (χ0n) is 15.9. The van der Waals surface area contributed by atoms with Crippen molar-refractivity contribution in [2.45, 2.75) is 6.18 Å². The van der Waals surface area contributed by atoms with Gasteiger partial charge in [-0.2, -0.15) is 18.3 Å². The highest BCUT2D eigenvalue weighted by atomic mass is 35.5. The number of methoxy groups -OCH3 is 1. The third-order valence-electron chi connectivity index (χ3n) is 4.05. The molecule has 0 aliphatic rings. The summed E-state index contributed by atoms with van der Waals surface area (Å²) in [6, 6.07) is 11.3. The predicted octanol–water partition coefficient (Wildman–Crippen LogP) is 4.35. The molecule has 7 nitrogen and oxygen atoms in total. The van der Waals surface area contributed by atoms with Crippen LogP contribution in [0.5, 0.6) is 5.75 Å². The molecule has 1 heterocycles. The number of benzene rings is 2. The lowest BCUT2D eigenvalue weighted by atomic mass is 10.2. The number of hydrogen-bond donors (Lipinski definition) is 1. The summed E-state index contributed by atoms with van der Waals surface area (Å²) in [5.74, 6) is -1.25. The van der Waals surface area contributed by atoms with Crippen LogP contribution in [0.1, 0.15) is 16.1 Å². The third kappa shape index (κ3) is 5.34. The number of anilines is 1. The van der Waals surface area contributed by atoms with Crippen LogP contribution in [0.25, 0.3) is 5.69 Å². The number of carbonyl (C=O) groups is 2. The van der Waals surface area contributed by atoms with Gasteiger partial charge in [-0.15, -0.1) is 0 Å². The number of rotatable bonds is 6. The van der Waals surface area contributed by atoms with Crippen molar-refractivity contribution in [2.75, 3.05) is 19.0 Å². The molecular formula is C20H15ClF3N3O4. The van der Waals surface area contributed by atoms with Crippen molar-refractivity contribution >= 4 is 29.2 Å². The molecule has 162 valence electrons. The van der Waals surface area contributed by atoms with Gasteiger partial charge in [-0.1, -0.05) is 11.6 Å². The van der Waals surface area contributed by atoms with Crippen molar-refractivity contribution in [3.05, 3.63) is 71.0 Å². The average molecular weight is 454 g/mol. The molecule has 1 aromatic heterocycles. The summed E-state index contributed by atoms with van der Waals surface area (Å²) in [4.78, 5) is 23.6. The quantitative estimate of drug-likeness (QED) is 0.561. The highest BCUT2D eigenvalue weighted by molar-refractivity contribution is 6.30. The predicted molar refractivity (Wildman–Crippen MR) is 105 cm³/mol. The average Bonchev–Trinajstić information content (AvgIpc) is 3.19. The molecule has 3 aromatic rings. The van der Waals surface area contributed by atoms with Crippen LogP contribution >= 0.6 is 11.6 Å². The topological polar surface area (TPSA) is 82.4 Å². The largest absolute Gasteiger partial charge is 0.482 e. The second kappa shape index (κ2) is 9.09. The van der Waals surface area contributed by atoms with E-state index in [1.807, 2.05) is 0 Å². The van der Waals surface area contributed by atoms with Gasteiger partial charge in [0.15, 0.2) is 12.3 Å². The minimum Gasteiger partial charge on any atom is -0.482 e. The molecule has 0 fully saturated rings. The summed E-state index contributed by atoms with van der Waals surface area (Å²) in [5.41, 5.74) is -1.54. The molecule has 0 aliphatic heterocycles. The lowest BCUT2D eigenvalue weighted by Crippen LogP contribution is -2.20. The Kier molecular flexibility index (Phi) is 6.50. The van der Waals surface area contributed by atoms with Gasteiger partial charge in [0.25, 0.3) is 5.91 Å². The van der Waals surface area contributed by atoms with Crippen molar-refractivity contribution in [3.8, 4) is 11.4 Å². The molecule has 31 heavy (non-hydrogen) atoms. The highest BCUT2D eigenvalue weighted by Crippen LogP contribution is 2.34. The highest BCUT2D eigenvalue weighted by Gasteiger charge is 2.40. The standard InChI is InChI=1S/C20H15ClF3N3O4/c1-30-17(28)11-31-15-8-4-13(5-9-15)26-19(29)16-10-25-27(18(16)20(22,23)24)14-6-2-12(21)3-7-14/h2-10H,11H2,1H3,(H,26,29). The fraction of sp³-hybridized carbons (Fsp3) is 0.150. The number of hydrogen-bond acceptors (Lipinski definition) is 5. The number of ether oxygens (including phenoxy) is 2. The van der Waals surface area contributed by atoms with Gasteiger partial charge in [-0.25, -0.2) is 9.48 Å². The van der Waals surface area contributed by atoms with Gasteiger partial charge in [0, 0.05) is 10.7 Å². The molecule has 0 saturated carbocycles. The minimum atomic E-state index is -4.84. The number of carbonyl (C=O) groups excluding carboxylic acids is 2. The molecule has 0 bridgehead atoms. The van der Waals surface area contributed by atoms with E-state index in [0.29, 0.717) is 15.5 Å². The summed E-state index contributed by atoms with van der Waals surface area (Å²) >= 11 is 5.78. The van der Waals surface area contributed by atoms with E-state index in [1.165, 1.54) is 55.6 Å². The molecule has 0 spiro atoms. The Labute approximate surface area is 179 Å². The molecule has 0 unspecified atom stereocenters. The maximum absolute atomic E-state index is 13.7. The van der Waals surface area contributed by atoms with E-state index in [9.17, 15) is 22.8 Å². The van der Waals surface area contributed by atoms with Gasteiger partial charge < -0.3 is 14.8 Å². The molecule has 0 saturated heterocycles. The van der Waals surface area contributed by atoms with Crippen molar-refractivity contribution in [1.82, 2.24) is 9.78 Å². The van der Waals surface area contributed by atoms with Crippen molar-refractivity contribution in [1.29, 1.82) is 0 Å². The van der Waals surface area contributed by atoms with Crippen LogP contribution < -0.4 is 10.1 Å². The molecule has 0 aliphatic carbocycles. The van der Waals surface area contributed by atoms with Crippen molar-refractivity contribution < 1.29 is 32.2 Å². The van der Waals surface area contributed by atoms with Gasteiger partial charge in [-0.05, 0) is 48.5 Å². The Morgan fingerprint density at radius 3 is 2.32 bits per heavy atom. The number of amides is 1. The Morgan fingerprint density at radius 1 is 1.10 bits per heavy atom. The van der Waals surface area contributed by atoms with E-state index in [2.05, 4.69) is 15.2 Å². The maximum Gasteiger partial charge on any atom is 0.434 e. The van der Waals surface area contributed by atoms with E-state index in [0.717, 1.165) is 6.20 Å². The monoisotopic (exact) mass is 453 g/mol. The molecular weight excluding hydrogens is 439 g/mol. The summed E-state index contributed by atoms with van der Waals surface area (Å²) < 4.78 is 51.4. The van der Waals surface area contributed by atoms with Crippen LogP contribution in [0, 0.1) is 0 Å². The minimum absolute atomic E-state index is 0.0999. The van der Waals surface area contributed by atoms with Crippen LogP contribution in [0.15, 0.2) is 54.7 Å². The maximum atomic E-state index is 13.7. The van der Waals surface area contributed by atoms with Crippen LogP contribution in [0.2, 0.25) is 5.02 Å². The molecule has 1 N–H and O–H groups in total. The fourth-order valence-electron chi connectivity index (χ4n) is 2.60. The first-order valence-electron chi connectivity index (χ1n) is 8.71. The second-order valence-electron chi connectivity index (χ2n) is 6.14. The molecule has 1 amide bonds. The second-order valence-corrected chi connectivity index (χ2v) is 6.57. The van der Waals surface area contributed by atoms with Crippen molar-refractivity contribution in [3.63, 3.8) is 0 Å². The van der Waals surface area contributed by atoms with E-state index in [1.54, 1.807) is 0 Å². The lowest BCUT2D eigenvalue weighted by molar-refractivity contribution is -0.143. The summed E-state index contributed by atoms with van der Waals surface area (Å²) in [7, 11) is 1.22. The number of aromatic nitrogens is 2. The SMILES string of the molecule is COC(=O)COc1ccc(NC(=O)c2cnn(-c3ccc(Cl)cc3)c2C(F)(F)F)cc1. The smallest absolute Gasteiger partial charge is 0.434 e. The van der Waals surface area contributed by atoms with Gasteiger partial charge in [0.05, 0.1) is 24.6 Å². The first-order valence-corrected chi connectivity index (χ1v) is 9.09. The zero-order chi connectivity index (χ0) is 22.6. The normalized spacial score (nSPS) is 11.1. The Bertz CT molecular complexity index is 1080. The fourth-order valence-corrected chi connectivity index (χ4v) is 2.73. The van der Waals surface area contributed by atoms with Gasteiger partial charge in [-0.3, -0.25) is 4.79 Å². The van der Waals surface area contributed by atoms with E-state index in [4.69, 9.17) is 16.3 Å². The van der Waals surface area contributed by atoms with Crippen LogP contribution in [0.3, 0.4) is 0 Å². The molecule has 11 heteroatoms. The van der Waals surface area contributed by atoms with Gasteiger partial charge in [0.1, 0.15) is 5.75 Å². The number of esters is 1. The number of nitrogens with zero attached hydrogens (tertiary/aromatic N) is 2. The Balaban J connectivity index is 1.82. The number of nitrogens with one attached hydrogen (secondary N) is 1. The van der Waals surface area contributed by atoms with E-state index in [-0.39, 0.29) is 18.0 Å². The van der Waals surface area contributed by atoms with Gasteiger partial charge >= 0.3 is 12.1 Å². The number of halogens is 4. The molecule has 0 atom stereocenters. The summed E-state index contributed by atoms with van der Waals surface area (Å²) in [5, 5.41) is 6.47. The third-order valence-corrected chi connectivity index (χ3v) is 4.30. The summed E-state index contributed by atoms with van der Waals surface area (Å²) in [6.45, 7) is -0.305. The number of alkyl halides is 3. The van der Waals surface area contributed by atoms with Crippen LogP contribution in [-0.4, -0.2) is 35.4 Å². The first-order chi connectivity index (χ1) is 14.7. The Morgan fingerprint density at radius 2 is 1.74 bits per heavy atom. The lowest BCUT2D eigenvalue weighted by Gasteiger charge is -2.13. The first kappa shape index (κ1) is 22.2. The zero-order valence-corrected chi connectivity index (χ0v) is 16.7. The van der Waals surface area contributed by atoms with Crippen molar-refractivity contribution in [2.24, 2.45) is 0 Å².